The van der Waals surface area contributed by atoms with Crippen LogP contribution in [0.2, 0.25) is 0 Å². The van der Waals surface area contributed by atoms with Crippen molar-refractivity contribution in [2.24, 2.45) is 0 Å². The van der Waals surface area contributed by atoms with E-state index >= 15 is 0 Å². The largest absolute Gasteiger partial charge is 0.306 e. The van der Waals surface area contributed by atoms with E-state index < -0.39 is 0 Å². The van der Waals surface area contributed by atoms with Crippen molar-refractivity contribution in [1.82, 2.24) is 9.97 Å². The third kappa shape index (κ3) is 2.95. The van der Waals surface area contributed by atoms with Gasteiger partial charge in [-0.1, -0.05) is 27.2 Å². The fourth-order valence-corrected chi connectivity index (χ4v) is 3.77. The summed E-state index contributed by atoms with van der Waals surface area (Å²) in [6.07, 6.45) is 5.24. The molecule has 0 aromatic carbocycles. The molecular formula is C17H22N2OS. The van der Waals surface area contributed by atoms with E-state index in [0.717, 1.165) is 47.6 Å². The van der Waals surface area contributed by atoms with Crippen LogP contribution in [-0.4, -0.2) is 9.97 Å². The van der Waals surface area contributed by atoms with Gasteiger partial charge in [-0.2, -0.15) is 0 Å². The van der Waals surface area contributed by atoms with Gasteiger partial charge in [0, 0.05) is 10.4 Å². The highest BCUT2D eigenvalue weighted by Gasteiger charge is 2.19. The number of rotatable bonds is 1. The summed E-state index contributed by atoms with van der Waals surface area (Å²) in [5.74, 6) is 0.737. The number of hydrogen-bond acceptors (Lipinski definition) is 3. The molecule has 4 heteroatoms. The van der Waals surface area contributed by atoms with Gasteiger partial charge in [-0.3, -0.25) is 4.79 Å². The number of H-pyrrole nitrogens is 1. The zero-order chi connectivity index (χ0) is 15.0. The Morgan fingerprint density at radius 1 is 1.14 bits per heavy atom. The van der Waals surface area contributed by atoms with Crippen molar-refractivity contribution in [3.8, 4) is 10.7 Å². The van der Waals surface area contributed by atoms with E-state index in [0.29, 0.717) is 0 Å². The van der Waals surface area contributed by atoms with Crippen molar-refractivity contribution in [3.05, 3.63) is 38.6 Å². The molecule has 2 aromatic rings. The van der Waals surface area contributed by atoms with Crippen LogP contribution >= 0.6 is 11.3 Å². The Labute approximate surface area is 129 Å². The first-order valence-corrected chi connectivity index (χ1v) is 8.49. The SMILES string of the molecule is CC(C)(C)c1ccc(-c2nc3c(c(=O)[nH]2)CCCCC3)s1. The highest BCUT2D eigenvalue weighted by atomic mass is 32.1. The van der Waals surface area contributed by atoms with Crippen molar-refractivity contribution in [3.63, 3.8) is 0 Å². The maximum atomic E-state index is 12.3. The van der Waals surface area contributed by atoms with E-state index in [2.05, 4.69) is 37.9 Å². The molecule has 0 fully saturated rings. The Kier molecular flexibility index (Phi) is 3.74. The van der Waals surface area contributed by atoms with Crippen molar-refractivity contribution < 1.29 is 0 Å². The fraction of sp³-hybridized carbons (Fsp3) is 0.529. The second-order valence-electron chi connectivity index (χ2n) is 6.81. The lowest BCUT2D eigenvalue weighted by Crippen LogP contribution is -2.17. The number of nitrogens with zero attached hydrogens (tertiary/aromatic N) is 1. The fourth-order valence-electron chi connectivity index (χ4n) is 2.76. The molecule has 21 heavy (non-hydrogen) atoms. The molecule has 2 heterocycles. The van der Waals surface area contributed by atoms with E-state index in [-0.39, 0.29) is 11.0 Å². The van der Waals surface area contributed by atoms with Crippen LogP contribution in [-0.2, 0) is 18.3 Å². The molecule has 0 atom stereocenters. The lowest BCUT2D eigenvalue weighted by atomic mass is 9.95. The highest BCUT2D eigenvalue weighted by molar-refractivity contribution is 7.15. The van der Waals surface area contributed by atoms with Crippen LogP contribution in [0.4, 0.5) is 0 Å². The number of hydrogen-bond donors (Lipinski definition) is 1. The van der Waals surface area contributed by atoms with Gasteiger partial charge >= 0.3 is 0 Å². The molecule has 0 unspecified atom stereocenters. The summed E-state index contributed by atoms with van der Waals surface area (Å²) in [5, 5.41) is 0. The quantitative estimate of drug-likeness (QED) is 0.807. The first-order chi connectivity index (χ1) is 9.95. The van der Waals surface area contributed by atoms with Gasteiger partial charge in [0.05, 0.1) is 10.6 Å². The zero-order valence-corrected chi connectivity index (χ0v) is 13.8. The molecule has 1 N–H and O–H groups in total. The number of thiophene rings is 1. The minimum absolute atomic E-state index is 0.0580. The predicted octanol–water partition coefficient (Wildman–Crippen LogP) is 4.06. The molecule has 0 spiro atoms. The highest BCUT2D eigenvalue weighted by Crippen LogP contribution is 2.33. The summed E-state index contributed by atoms with van der Waals surface area (Å²) >= 11 is 1.72. The summed E-state index contributed by atoms with van der Waals surface area (Å²) < 4.78 is 0. The number of nitrogens with one attached hydrogen (secondary N) is 1. The monoisotopic (exact) mass is 302 g/mol. The molecule has 2 aromatic heterocycles. The van der Waals surface area contributed by atoms with Crippen molar-refractivity contribution in [1.29, 1.82) is 0 Å². The van der Waals surface area contributed by atoms with Gasteiger partial charge in [0.1, 0.15) is 0 Å². The average Bonchev–Trinajstić information content (AvgIpc) is 2.79. The minimum atomic E-state index is 0.0580. The van der Waals surface area contributed by atoms with Gasteiger partial charge in [-0.05, 0) is 43.2 Å². The van der Waals surface area contributed by atoms with Crippen LogP contribution in [0.3, 0.4) is 0 Å². The second-order valence-corrected chi connectivity index (χ2v) is 7.90. The molecule has 1 aliphatic carbocycles. The second kappa shape index (κ2) is 5.41. The molecule has 0 saturated carbocycles. The molecule has 112 valence electrons. The Morgan fingerprint density at radius 3 is 2.62 bits per heavy atom. The summed E-state index contributed by atoms with van der Waals surface area (Å²) in [7, 11) is 0. The van der Waals surface area contributed by atoms with Crippen LogP contribution < -0.4 is 5.56 Å². The van der Waals surface area contributed by atoms with E-state index in [9.17, 15) is 4.79 Å². The summed E-state index contributed by atoms with van der Waals surface area (Å²) in [6.45, 7) is 6.61. The molecule has 3 nitrogen and oxygen atoms in total. The number of aryl methyl sites for hydroxylation is 1. The van der Waals surface area contributed by atoms with Crippen LogP contribution in [0.25, 0.3) is 10.7 Å². The van der Waals surface area contributed by atoms with Crippen LogP contribution in [0.15, 0.2) is 16.9 Å². The van der Waals surface area contributed by atoms with E-state index in [1.165, 1.54) is 11.3 Å². The minimum Gasteiger partial charge on any atom is -0.306 e. The van der Waals surface area contributed by atoms with Gasteiger partial charge in [0.15, 0.2) is 5.82 Å². The molecule has 3 rings (SSSR count). The molecular weight excluding hydrogens is 280 g/mol. The molecule has 0 aliphatic heterocycles. The van der Waals surface area contributed by atoms with Gasteiger partial charge in [-0.25, -0.2) is 4.98 Å². The van der Waals surface area contributed by atoms with Crippen LogP contribution in [0.1, 0.15) is 56.2 Å². The van der Waals surface area contributed by atoms with Crippen molar-refractivity contribution in [2.45, 2.75) is 58.3 Å². The van der Waals surface area contributed by atoms with Gasteiger partial charge in [0.25, 0.3) is 5.56 Å². The van der Waals surface area contributed by atoms with E-state index in [4.69, 9.17) is 4.98 Å². The lowest BCUT2D eigenvalue weighted by Gasteiger charge is -2.15. The molecule has 0 saturated heterocycles. The lowest BCUT2D eigenvalue weighted by molar-refractivity contribution is 0.604. The zero-order valence-electron chi connectivity index (χ0n) is 13.0. The maximum Gasteiger partial charge on any atom is 0.254 e. The Balaban J connectivity index is 2.04. The smallest absolute Gasteiger partial charge is 0.254 e. The Bertz CT molecular complexity index is 706. The van der Waals surface area contributed by atoms with Crippen molar-refractivity contribution >= 4 is 11.3 Å². The average molecular weight is 302 g/mol. The van der Waals surface area contributed by atoms with Gasteiger partial charge in [-0.15, -0.1) is 11.3 Å². The number of fused-ring (bicyclic) bond motifs is 1. The van der Waals surface area contributed by atoms with E-state index in [1.54, 1.807) is 11.3 Å². The summed E-state index contributed by atoms with van der Waals surface area (Å²) in [5.41, 5.74) is 2.11. The number of aromatic nitrogens is 2. The maximum absolute atomic E-state index is 12.3. The standard InChI is InChI=1S/C17H22N2OS/c1-17(2,3)14-10-9-13(21-14)15-18-12-8-6-4-5-7-11(12)16(20)19-15/h9-10H,4-8H2,1-3H3,(H,18,19,20). The third-order valence-electron chi connectivity index (χ3n) is 4.02. The predicted molar refractivity (Wildman–Crippen MR) is 88.1 cm³/mol. The van der Waals surface area contributed by atoms with Gasteiger partial charge in [0.2, 0.25) is 0 Å². The molecule has 0 amide bonds. The van der Waals surface area contributed by atoms with Crippen LogP contribution in [0, 0.1) is 0 Å². The first kappa shape index (κ1) is 14.5. The third-order valence-corrected chi connectivity index (χ3v) is 5.54. The topological polar surface area (TPSA) is 45.8 Å². The summed E-state index contributed by atoms with van der Waals surface area (Å²) in [6, 6.07) is 4.22. The summed E-state index contributed by atoms with van der Waals surface area (Å²) in [4.78, 5) is 22.4. The first-order valence-electron chi connectivity index (χ1n) is 7.68. The van der Waals surface area contributed by atoms with Crippen LogP contribution in [0.5, 0.6) is 0 Å². The molecule has 0 bridgehead atoms. The molecule has 0 radical (unpaired) electrons. The van der Waals surface area contributed by atoms with E-state index in [1.807, 2.05) is 0 Å². The van der Waals surface area contributed by atoms with Crippen molar-refractivity contribution in [2.75, 3.05) is 0 Å². The normalized spacial score (nSPS) is 15.6. The Hall–Kier alpha value is -1.42. The van der Waals surface area contributed by atoms with Gasteiger partial charge < -0.3 is 4.98 Å². The Morgan fingerprint density at radius 2 is 1.90 bits per heavy atom. The molecule has 1 aliphatic rings. The number of aromatic amines is 1.